The number of amides is 1. The Kier molecular flexibility index (Phi) is 4.82. The van der Waals surface area contributed by atoms with Gasteiger partial charge in [-0.05, 0) is 31.2 Å². The van der Waals surface area contributed by atoms with E-state index in [0.717, 1.165) is 12.3 Å². The summed E-state index contributed by atoms with van der Waals surface area (Å²) in [6.45, 7) is 2.84. The highest BCUT2D eigenvalue weighted by Crippen LogP contribution is 2.41. The van der Waals surface area contributed by atoms with Crippen LogP contribution in [0.5, 0.6) is 11.5 Å². The van der Waals surface area contributed by atoms with Crippen LogP contribution in [0.4, 0.5) is 0 Å². The van der Waals surface area contributed by atoms with Crippen LogP contribution >= 0.6 is 23.1 Å². The lowest BCUT2D eigenvalue weighted by atomic mass is 10.1. The molecule has 1 aliphatic rings. The molecule has 2 heterocycles. The maximum Gasteiger partial charge on any atom is 0.255 e. The molecule has 0 saturated carbocycles. The minimum absolute atomic E-state index is 0.0169. The number of rotatable bonds is 4. The van der Waals surface area contributed by atoms with Gasteiger partial charge in [0.15, 0.2) is 0 Å². The topological polar surface area (TPSA) is 38.8 Å². The summed E-state index contributed by atoms with van der Waals surface area (Å²) in [5.74, 6) is 2.23. The fraction of sp³-hybridized carbons (Fsp3) is 0.353. The quantitative estimate of drug-likeness (QED) is 0.837. The van der Waals surface area contributed by atoms with E-state index in [0.29, 0.717) is 17.1 Å². The molecule has 1 aromatic heterocycles. The molecule has 0 N–H and O–H groups in total. The molecule has 3 rings (SSSR count). The summed E-state index contributed by atoms with van der Waals surface area (Å²) >= 11 is 3.57. The summed E-state index contributed by atoms with van der Waals surface area (Å²) in [4.78, 5) is 17.4. The van der Waals surface area contributed by atoms with Crippen molar-refractivity contribution in [1.29, 1.82) is 0 Å². The number of hydrogen-bond donors (Lipinski definition) is 0. The first-order chi connectivity index (χ1) is 11.1. The van der Waals surface area contributed by atoms with Gasteiger partial charge in [-0.3, -0.25) is 4.79 Å². The zero-order valence-corrected chi connectivity index (χ0v) is 15.0. The van der Waals surface area contributed by atoms with Crippen LogP contribution in [0.3, 0.4) is 0 Å². The van der Waals surface area contributed by atoms with E-state index in [9.17, 15) is 4.79 Å². The van der Waals surface area contributed by atoms with Gasteiger partial charge < -0.3 is 14.4 Å². The molecule has 1 amide bonds. The standard InChI is InChI=1S/C17H19NO3S2/c1-11-4-5-15(23-11)17-18(6-7-22-17)16(19)12-8-13(20-2)10-14(9-12)21-3/h4-5,8-10,17H,6-7H2,1-3H3. The number of thioether (sulfide) groups is 1. The van der Waals surface area contributed by atoms with Crippen LogP contribution in [0.1, 0.15) is 25.5 Å². The number of methoxy groups -OCH3 is 2. The van der Waals surface area contributed by atoms with Crippen molar-refractivity contribution in [2.75, 3.05) is 26.5 Å². The molecular weight excluding hydrogens is 330 g/mol. The van der Waals surface area contributed by atoms with E-state index < -0.39 is 0 Å². The lowest BCUT2D eigenvalue weighted by molar-refractivity contribution is 0.0761. The number of carbonyl (C=O) groups excluding carboxylic acids is 1. The molecule has 0 bridgehead atoms. The van der Waals surface area contributed by atoms with Gasteiger partial charge in [0.05, 0.1) is 14.2 Å². The van der Waals surface area contributed by atoms with Crippen LogP contribution in [-0.4, -0.2) is 37.3 Å². The molecular formula is C17H19NO3S2. The fourth-order valence-corrected chi connectivity index (χ4v) is 4.97. The van der Waals surface area contributed by atoms with Crippen molar-refractivity contribution >= 4 is 29.0 Å². The van der Waals surface area contributed by atoms with Gasteiger partial charge in [0.1, 0.15) is 16.9 Å². The highest BCUT2D eigenvalue weighted by atomic mass is 32.2. The van der Waals surface area contributed by atoms with Crippen LogP contribution in [0.25, 0.3) is 0 Å². The molecule has 1 fully saturated rings. The number of benzene rings is 1. The first kappa shape index (κ1) is 16.2. The Labute approximate surface area is 144 Å². The summed E-state index contributed by atoms with van der Waals surface area (Å²) < 4.78 is 10.5. The van der Waals surface area contributed by atoms with Crippen molar-refractivity contribution < 1.29 is 14.3 Å². The Bertz CT molecular complexity index is 691. The Hall–Kier alpha value is -1.66. The fourth-order valence-electron chi connectivity index (χ4n) is 2.60. The van der Waals surface area contributed by atoms with Crippen molar-refractivity contribution in [2.24, 2.45) is 0 Å². The molecule has 0 aliphatic carbocycles. The lowest BCUT2D eigenvalue weighted by Crippen LogP contribution is -2.30. The summed E-state index contributed by atoms with van der Waals surface area (Å²) in [5, 5.41) is 0.0957. The predicted molar refractivity (Wildman–Crippen MR) is 94.8 cm³/mol. The van der Waals surface area contributed by atoms with Crippen LogP contribution in [0, 0.1) is 6.92 Å². The van der Waals surface area contributed by atoms with Crippen LogP contribution < -0.4 is 9.47 Å². The van der Waals surface area contributed by atoms with Crippen molar-refractivity contribution in [3.63, 3.8) is 0 Å². The maximum absolute atomic E-state index is 13.0. The second-order valence-electron chi connectivity index (χ2n) is 5.27. The first-order valence-electron chi connectivity index (χ1n) is 7.34. The molecule has 6 heteroatoms. The lowest BCUT2D eigenvalue weighted by Gasteiger charge is -2.23. The largest absolute Gasteiger partial charge is 0.497 e. The Morgan fingerprint density at radius 2 is 1.87 bits per heavy atom. The first-order valence-corrected chi connectivity index (χ1v) is 9.21. The molecule has 0 spiro atoms. The van der Waals surface area contributed by atoms with Gasteiger partial charge in [-0.15, -0.1) is 23.1 Å². The number of ether oxygens (including phenoxy) is 2. The summed E-state index contributed by atoms with van der Waals surface area (Å²) in [6.07, 6.45) is 0. The van der Waals surface area contributed by atoms with Crippen molar-refractivity contribution in [2.45, 2.75) is 12.3 Å². The van der Waals surface area contributed by atoms with Gasteiger partial charge in [-0.1, -0.05) is 0 Å². The summed E-state index contributed by atoms with van der Waals surface area (Å²) in [5.41, 5.74) is 0.599. The highest BCUT2D eigenvalue weighted by molar-refractivity contribution is 7.99. The molecule has 23 heavy (non-hydrogen) atoms. The minimum atomic E-state index is 0.0169. The Morgan fingerprint density at radius 1 is 1.17 bits per heavy atom. The SMILES string of the molecule is COc1cc(OC)cc(C(=O)N2CCSC2c2ccc(C)s2)c1. The molecule has 1 saturated heterocycles. The molecule has 122 valence electrons. The zero-order chi connectivity index (χ0) is 16.4. The van der Waals surface area contributed by atoms with Gasteiger partial charge in [0, 0.05) is 33.7 Å². The van der Waals surface area contributed by atoms with Crippen molar-refractivity contribution in [1.82, 2.24) is 4.90 Å². The van der Waals surface area contributed by atoms with E-state index in [1.807, 2.05) is 16.7 Å². The second-order valence-corrected chi connectivity index (χ2v) is 7.78. The van der Waals surface area contributed by atoms with Crippen molar-refractivity contribution in [3.05, 3.63) is 45.6 Å². The molecule has 1 aliphatic heterocycles. The molecule has 1 unspecified atom stereocenters. The number of hydrogen-bond acceptors (Lipinski definition) is 5. The number of nitrogens with zero attached hydrogens (tertiary/aromatic N) is 1. The molecule has 2 aromatic rings. The number of carbonyl (C=O) groups is 1. The van der Waals surface area contributed by atoms with Gasteiger partial charge in [0.25, 0.3) is 5.91 Å². The van der Waals surface area contributed by atoms with E-state index in [-0.39, 0.29) is 11.3 Å². The minimum Gasteiger partial charge on any atom is -0.497 e. The second kappa shape index (κ2) is 6.84. The van der Waals surface area contributed by atoms with Crippen molar-refractivity contribution in [3.8, 4) is 11.5 Å². The van der Waals surface area contributed by atoms with E-state index in [4.69, 9.17) is 9.47 Å². The molecule has 4 nitrogen and oxygen atoms in total. The van der Waals surface area contributed by atoms with Crippen LogP contribution in [0.15, 0.2) is 30.3 Å². The smallest absolute Gasteiger partial charge is 0.255 e. The summed E-state index contributed by atoms with van der Waals surface area (Å²) in [6, 6.07) is 9.54. The summed E-state index contributed by atoms with van der Waals surface area (Å²) in [7, 11) is 3.18. The van der Waals surface area contributed by atoms with E-state index in [1.165, 1.54) is 9.75 Å². The van der Waals surface area contributed by atoms with E-state index in [2.05, 4.69) is 19.1 Å². The average Bonchev–Trinajstić information content (AvgIpc) is 3.22. The maximum atomic E-state index is 13.0. The zero-order valence-electron chi connectivity index (χ0n) is 13.4. The predicted octanol–water partition coefficient (Wildman–Crippen LogP) is 3.96. The average molecular weight is 349 g/mol. The third kappa shape index (κ3) is 3.33. The molecule has 1 aromatic carbocycles. The monoisotopic (exact) mass is 349 g/mol. The normalized spacial score (nSPS) is 17.3. The third-order valence-corrected chi connectivity index (χ3v) is 6.20. The highest BCUT2D eigenvalue weighted by Gasteiger charge is 2.32. The van der Waals surface area contributed by atoms with E-state index >= 15 is 0 Å². The van der Waals surface area contributed by atoms with Gasteiger partial charge >= 0.3 is 0 Å². The third-order valence-electron chi connectivity index (χ3n) is 3.75. The molecule has 0 radical (unpaired) electrons. The molecule has 1 atom stereocenters. The van der Waals surface area contributed by atoms with Gasteiger partial charge in [-0.2, -0.15) is 0 Å². The van der Waals surface area contributed by atoms with Crippen LogP contribution in [-0.2, 0) is 0 Å². The van der Waals surface area contributed by atoms with Gasteiger partial charge in [0.2, 0.25) is 0 Å². The Morgan fingerprint density at radius 3 is 2.43 bits per heavy atom. The number of thiophene rings is 1. The van der Waals surface area contributed by atoms with E-state index in [1.54, 1.807) is 43.8 Å². The number of aryl methyl sites for hydroxylation is 1. The van der Waals surface area contributed by atoms with Crippen LogP contribution in [0.2, 0.25) is 0 Å². The van der Waals surface area contributed by atoms with Gasteiger partial charge in [-0.25, -0.2) is 0 Å². The Balaban J connectivity index is 1.90.